The van der Waals surface area contributed by atoms with Gasteiger partial charge in [-0.25, -0.2) is 0 Å². The highest BCUT2D eigenvalue weighted by molar-refractivity contribution is 5.95. The van der Waals surface area contributed by atoms with Crippen LogP contribution in [-0.2, 0) is 10.2 Å². The average Bonchev–Trinajstić information content (AvgIpc) is 3.37. The van der Waals surface area contributed by atoms with Crippen molar-refractivity contribution < 1.29 is 19.2 Å². The summed E-state index contributed by atoms with van der Waals surface area (Å²) in [5, 5.41) is 14.7. The van der Waals surface area contributed by atoms with Gasteiger partial charge < -0.3 is 19.7 Å². The number of ether oxygens (including phenoxy) is 2. The number of anilines is 1. The van der Waals surface area contributed by atoms with Crippen LogP contribution in [-0.4, -0.2) is 50.8 Å². The third-order valence-corrected chi connectivity index (χ3v) is 6.62. The summed E-state index contributed by atoms with van der Waals surface area (Å²) in [6.45, 7) is 3.29. The van der Waals surface area contributed by atoms with Gasteiger partial charge in [0, 0.05) is 49.9 Å². The summed E-state index contributed by atoms with van der Waals surface area (Å²) < 4.78 is 10.8. The van der Waals surface area contributed by atoms with Crippen molar-refractivity contribution in [1.29, 1.82) is 0 Å². The van der Waals surface area contributed by atoms with Crippen LogP contribution in [0.2, 0.25) is 0 Å². The Morgan fingerprint density at radius 3 is 2.47 bits per heavy atom. The molecule has 8 heteroatoms. The second-order valence-electron chi connectivity index (χ2n) is 8.46. The van der Waals surface area contributed by atoms with Crippen molar-refractivity contribution >= 4 is 17.3 Å². The maximum Gasteiger partial charge on any atom is 0.293 e. The summed E-state index contributed by atoms with van der Waals surface area (Å²) in [6.07, 6.45) is 3.62. The molecule has 8 nitrogen and oxygen atoms in total. The van der Waals surface area contributed by atoms with E-state index in [-0.39, 0.29) is 17.0 Å². The minimum Gasteiger partial charge on any atom is -0.497 e. The molecule has 0 bridgehead atoms. The maximum absolute atomic E-state index is 13.0. The summed E-state index contributed by atoms with van der Waals surface area (Å²) in [5.74, 6) is 0.478. The zero-order chi connectivity index (χ0) is 22.6. The summed E-state index contributed by atoms with van der Waals surface area (Å²) >= 11 is 0. The molecule has 2 saturated heterocycles. The normalized spacial score (nSPS) is 17.7. The zero-order valence-electron chi connectivity index (χ0n) is 18.3. The van der Waals surface area contributed by atoms with Crippen LogP contribution in [0.4, 0.5) is 11.4 Å². The van der Waals surface area contributed by atoms with Gasteiger partial charge in [0.25, 0.3) is 11.6 Å². The zero-order valence-corrected chi connectivity index (χ0v) is 18.3. The van der Waals surface area contributed by atoms with Gasteiger partial charge in [0.05, 0.1) is 12.0 Å². The molecule has 2 fully saturated rings. The van der Waals surface area contributed by atoms with Gasteiger partial charge in [0.15, 0.2) is 0 Å². The molecule has 0 aliphatic carbocycles. The van der Waals surface area contributed by atoms with Gasteiger partial charge in [0.1, 0.15) is 11.4 Å². The minimum absolute atomic E-state index is 0.0181. The number of nitrogens with one attached hydrogen (secondary N) is 1. The van der Waals surface area contributed by atoms with Gasteiger partial charge in [-0.3, -0.25) is 14.9 Å². The van der Waals surface area contributed by atoms with E-state index in [0.29, 0.717) is 31.0 Å². The molecule has 2 aliphatic rings. The summed E-state index contributed by atoms with van der Waals surface area (Å²) in [7, 11) is 1.63. The van der Waals surface area contributed by atoms with Crippen molar-refractivity contribution in [1.82, 2.24) is 5.32 Å². The smallest absolute Gasteiger partial charge is 0.293 e. The molecule has 0 saturated carbocycles. The standard InChI is InChI=1S/C24H29N3O5/c1-31-20-7-5-19(6-8-20)24(10-14-32-15-11-24)17-25-23(28)18-4-9-21(22(16-18)27(29)30)26-12-2-3-13-26/h4-9,16H,2-3,10-15,17H2,1H3,(H,25,28). The highest BCUT2D eigenvalue weighted by atomic mass is 16.6. The Labute approximate surface area is 187 Å². The van der Waals surface area contributed by atoms with Gasteiger partial charge >= 0.3 is 0 Å². The predicted octanol–water partition coefficient (Wildman–Crippen LogP) is 3.68. The summed E-state index contributed by atoms with van der Waals surface area (Å²) in [6, 6.07) is 12.7. The summed E-state index contributed by atoms with van der Waals surface area (Å²) in [4.78, 5) is 26.3. The first-order valence-electron chi connectivity index (χ1n) is 11.1. The Morgan fingerprint density at radius 1 is 1.16 bits per heavy atom. The van der Waals surface area contributed by atoms with E-state index in [1.165, 1.54) is 6.07 Å². The Hall–Kier alpha value is -3.13. The van der Waals surface area contributed by atoms with Crippen molar-refractivity contribution in [3.63, 3.8) is 0 Å². The monoisotopic (exact) mass is 439 g/mol. The fourth-order valence-corrected chi connectivity index (χ4v) is 4.66. The number of hydrogen-bond donors (Lipinski definition) is 1. The van der Waals surface area contributed by atoms with Crippen molar-refractivity contribution in [2.45, 2.75) is 31.1 Å². The van der Waals surface area contributed by atoms with Crippen molar-refractivity contribution in [3.8, 4) is 5.75 Å². The molecule has 0 unspecified atom stereocenters. The molecule has 170 valence electrons. The van der Waals surface area contributed by atoms with Crippen LogP contribution in [0.25, 0.3) is 0 Å². The second-order valence-corrected chi connectivity index (χ2v) is 8.46. The Kier molecular flexibility index (Phi) is 6.60. The lowest BCUT2D eigenvalue weighted by molar-refractivity contribution is -0.384. The van der Waals surface area contributed by atoms with Gasteiger partial charge in [0.2, 0.25) is 0 Å². The number of nitro benzene ring substituents is 1. The first-order valence-corrected chi connectivity index (χ1v) is 11.1. The van der Waals surface area contributed by atoms with Gasteiger partial charge in [-0.15, -0.1) is 0 Å². The lowest BCUT2D eigenvalue weighted by Gasteiger charge is -2.38. The van der Waals surface area contributed by atoms with E-state index in [0.717, 1.165) is 50.1 Å². The number of hydrogen-bond acceptors (Lipinski definition) is 6. The van der Waals surface area contributed by atoms with E-state index >= 15 is 0 Å². The van der Waals surface area contributed by atoms with E-state index in [2.05, 4.69) is 5.32 Å². The lowest BCUT2D eigenvalue weighted by atomic mass is 9.74. The number of carbonyl (C=O) groups excluding carboxylic acids is 1. The van der Waals surface area contributed by atoms with Crippen LogP contribution in [0.1, 0.15) is 41.6 Å². The van der Waals surface area contributed by atoms with Crippen LogP contribution in [0.3, 0.4) is 0 Å². The minimum atomic E-state index is -0.401. The number of nitro groups is 1. The SMILES string of the molecule is COc1ccc(C2(CNC(=O)c3ccc(N4CCCC4)c([N+](=O)[O-])c3)CCOCC2)cc1. The van der Waals surface area contributed by atoms with Crippen LogP contribution in [0.15, 0.2) is 42.5 Å². The Bertz CT molecular complexity index is 964. The largest absolute Gasteiger partial charge is 0.497 e. The average molecular weight is 440 g/mol. The molecule has 1 amide bonds. The molecule has 4 rings (SSSR count). The van der Waals surface area contributed by atoms with E-state index in [4.69, 9.17) is 9.47 Å². The fourth-order valence-electron chi connectivity index (χ4n) is 4.66. The van der Waals surface area contributed by atoms with Crippen molar-refractivity contribution in [3.05, 3.63) is 63.7 Å². The Balaban J connectivity index is 1.53. The number of rotatable bonds is 7. The number of methoxy groups -OCH3 is 1. The summed E-state index contributed by atoms with van der Waals surface area (Å²) in [5.41, 5.74) is 1.74. The first kappa shape index (κ1) is 22.1. The van der Waals surface area contributed by atoms with E-state index in [1.807, 2.05) is 29.2 Å². The highest BCUT2D eigenvalue weighted by Gasteiger charge is 2.35. The molecular weight excluding hydrogens is 410 g/mol. The number of amides is 1. The van der Waals surface area contributed by atoms with Gasteiger partial charge in [-0.2, -0.15) is 0 Å². The van der Waals surface area contributed by atoms with Crippen LogP contribution in [0, 0.1) is 10.1 Å². The molecule has 2 aliphatic heterocycles. The molecule has 0 spiro atoms. The fraction of sp³-hybridized carbons (Fsp3) is 0.458. The third kappa shape index (κ3) is 4.55. The first-order chi connectivity index (χ1) is 15.5. The topological polar surface area (TPSA) is 93.9 Å². The predicted molar refractivity (Wildman–Crippen MR) is 122 cm³/mol. The number of benzene rings is 2. The van der Waals surface area contributed by atoms with Crippen LogP contribution >= 0.6 is 0 Å². The lowest BCUT2D eigenvalue weighted by Crippen LogP contribution is -2.44. The van der Waals surface area contributed by atoms with E-state index in [9.17, 15) is 14.9 Å². The van der Waals surface area contributed by atoms with Crippen molar-refractivity contribution in [2.75, 3.05) is 44.9 Å². The molecule has 0 aromatic heterocycles. The third-order valence-electron chi connectivity index (χ3n) is 6.62. The highest BCUT2D eigenvalue weighted by Crippen LogP contribution is 2.36. The molecule has 32 heavy (non-hydrogen) atoms. The molecule has 2 aromatic carbocycles. The maximum atomic E-state index is 13.0. The molecule has 2 heterocycles. The quantitative estimate of drug-likeness (QED) is 0.522. The van der Waals surface area contributed by atoms with Gasteiger partial charge in [-0.1, -0.05) is 12.1 Å². The molecule has 0 atom stereocenters. The second kappa shape index (κ2) is 9.56. The van der Waals surface area contributed by atoms with Gasteiger partial charge in [-0.05, 0) is 55.5 Å². The van der Waals surface area contributed by atoms with E-state index in [1.54, 1.807) is 19.2 Å². The van der Waals surface area contributed by atoms with E-state index < -0.39 is 4.92 Å². The number of nitrogens with zero attached hydrogens (tertiary/aromatic N) is 2. The molecule has 2 aromatic rings. The van der Waals surface area contributed by atoms with Crippen LogP contribution < -0.4 is 15.0 Å². The van der Waals surface area contributed by atoms with Crippen LogP contribution in [0.5, 0.6) is 5.75 Å². The number of carbonyl (C=O) groups is 1. The Morgan fingerprint density at radius 2 is 1.84 bits per heavy atom. The van der Waals surface area contributed by atoms with Crippen molar-refractivity contribution in [2.24, 2.45) is 0 Å². The molecular formula is C24H29N3O5. The molecule has 0 radical (unpaired) electrons. The molecule has 1 N–H and O–H groups in total.